The Morgan fingerprint density at radius 1 is 0.552 bits per heavy atom. The zero-order valence-corrected chi connectivity index (χ0v) is 33.2. The van der Waals surface area contributed by atoms with Gasteiger partial charge in [0.2, 0.25) is 0 Å². The van der Waals surface area contributed by atoms with Gasteiger partial charge in [-0.1, -0.05) is 147 Å². The van der Waals surface area contributed by atoms with Gasteiger partial charge in [-0.05, 0) is 113 Å². The van der Waals surface area contributed by atoms with E-state index in [2.05, 4.69) is 172 Å². The predicted molar refractivity (Wildman–Crippen MR) is 241 cm³/mol. The quantitative estimate of drug-likeness (QED) is 0.177. The van der Waals surface area contributed by atoms with Crippen molar-refractivity contribution < 1.29 is 4.42 Å². The molecule has 7 aromatic carbocycles. The molecule has 0 fully saturated rings. The van der Waals surface area contributed by atoms with Gasteiger partial charge in [0.05, 0.1) is 11.4 Å². The minimum atomic E-state index is -0.0229. The van der Waals surface area contributed by atoms with Crippen molar-refractivity contribution in [1.82, 2.24) is 0 Å². The molecule has 2 aliphatic carbocycles. The lowest BCUT2D eigenvalue weighted by atomic mass is 9.81. The Balaban J connectivity index is 1.04. The Labute approximate surface area is 340 Å². The molecule has 0 amide bonds. The van der Waals surface area contributed by atoms with E-state index < -0.39 is 0 Å². The van der Waals surface area contributed by atoms with Gasteiger partial charge >= 0.3 is 0 Å². The second-order valence-corrected chi connectivity index (χ2v) is 16.8. The third-order valence-electron chi connectivity index (χ3n) is 13.0. The number of fused-ring (bicyclic) bond motifs is 9. The first kappa shape index (κ1) is 34.7. The van der Waals surface area contributed by atoms with Crippen molar-refractivity contribution in [2.75, 3.05) is 0 Å². The van der Waals surface area contributed by atoms with E-state index in [-0.39, 0.29) is 11.3 Å². The Morgan fingerprint density at radius 3 is 2.10 bits per heavy atom. The molecule has 0 spiro atoms. The van der Waals surface area contributed by atoms with Gasteiger partial charge < -0.3 is 4.42 Å². The van der Waals surface area contributed by atoms with Crippen LogP contribution in [0.5, 0.6) is 0 Å². The van der Waals surface area contributed by atoms with Gasteiger partial charge in [-0.25, -0.2) is 9.98 Å². The topological polar surface area (TPSA) is 37.9 Å². The van der Waals surface area contributed by atoms with Crippen molar-refractivity contribution in [2.45, 2.75) is 57.8 Å². The molecule has 11 rings (SSSR count). The van der Waals surface area contributed by atoms with Crippen LogP contribution in [0, 0.1) is 0 Å². The standard InChI is InChI=1S/C55H44N2O/c1-34-25-29-49(56-54(36-17-8-5-9-18-36)57-53(34)35-15-6-4-7-16-35)43-22-14-24-51-52(43)46-31-37(27-30-50(46)58-51)39-28-26-38-32-48-45(33-44(38)41-20-11-10-19-40(39)41)42-21-12-13-23-47(42)55(48,2)3/h4-24,27,30-33,39H,25-26,28-29H2,1-3H3/b53-34-,56-49?,57-54?. The highest BCUT2D eigenvalue weighted by Crippen LogP contribution is 2.52. The number of allylic oxidation sites excluding steroid dienone is 1. The van der Waals surface area contributed by atoms with Gasteiger partial charge in [0, 0.05) is 38.8 Å². The van der Waals surface area contributed by atoms with E-state index in [1.807, 2.05) is 6.07 Å². The molecule has 3 nitrogen and oxygen atoms in total. The van der Waals surface area contributed by atoms with Gasteiger partial charge in [-0.3, -0.25) is 0 Å². The van der Waals surface area contributed by atoms with E-state index >= 15 is 0 Å². The zero-order chi connectivity index (χ0) is 39.0. The van der Waals surface area contributed by atoms with Crippen molar-refractivity contribution >= 4 is 39.2 Å². The van der Waals surface area contributed by atoms with E-state index in [0.717, 1.165) is 81.6 Å². The molecule has 280 valence electrons. The van der Waals surface area contributed by atoms with E-state index in [0.29, 0.717) is 0 Å². The predicted octanol–water partition coefficient (Wildman–Crippen LogP) is 14.1. The lowest BCUT2D eigenvalue weighted by Crippen LogP contribution is -2.15. The van der Waals surface area contributed by atoms with Crippen molar-refractivity contribution in [3.05, 3.63) is 208 Å². The first-order valence-electron chi connectivity index (χ1n) is 20.7. The fourth-order valence-electron chi connectivity index (χ4n) is 10.1. The minimum absolute atomic E-state index is 0.0229. The Kier molecular flexibility index (Phi) is 8.08. The molecule has 0 bridgehead atoms. The Hall–Kier alpha value is -6.58. The first-order valence-corrected chi connectivity index (χ1v) is 20.7. The van der Waals surface area contributed by atoms with Crippen LogP contribution in [0.25, 0.3) is 49.9 Å². The van der Waals surface area contributed by atoms with Crippen LogP contribution in [-0.2, 0) is 11.8 Å². The number of aliphatic imine (C=N–C) groups is 2. The number of aryl methyl sites for hydroxylation is 1. The van der Waals surface area contributed by atoms with Gasteiger partial charge in [-0.2, -0.15) is 0 Å². The third-order valence-corrected chi connectivity index (χ3v) is 13.0. The van der Waals surface area contributed by atoms with Crippen molar-refractivity contribution in [3.63, 3.8) is 0 Å². The molecule has 3 heteroatoms. The summed E-state index contributed by atoms with van der Waals surface area (Å²) >= 11 is 0. The number of benzene rings is 7. The van der Waals surface area contributed by atoms with Crippen LogP contribution >= 0.6 is 0 Å². The molecule has 1 atom stereocenters. The fraction of sp³-hybridized carbons (Fsp3) is 0.164. The van der Waals surface area contributed by atoms with E-state index in [1.54, 1.807) is 0 Å². The highest BCUT2D eigenvalue weighted by Gasteiger charge is 2.37. The number of amidine groups is 1. The summed E-state index contributed by atoms with van der Waals surface area (Å²) in [5.41, 5.74) is 20.8. The molecule has 1 aromatic heterocycles. The SMILES string of the molecule is C/C1=C(\c2ccccc2)N=C(c2ccccc2)N=C(c2cccc3oc4ccc(C5CCc6cc7c(cc6-c6ccccc65)-c5ccccc5C7(C)C)cc4c23)CC1. The average Bonchev–Trinajstić information content (AvgIpc) is 3.68. The van der Waals surface area contributed by atoms with Crippen LogP contribution in [0.2, 0.25) is 0 Å². The van der Waals surface area contributed by atoms with Gasteiger partial charge in [0.25, 0.3) is 0 Å². The van der Waals surface area contributed by atoms with Crippen LogP contribution in [-0.4, -0.2) is 11.5 Å². The van der Waals surface area contributed by atoms with Crippen LogP contribution in [0.3, 0.4) is 0 Å². The number of furan rings is 1. The van der Waals surface area contributed by atoms with Crippen LogP contribution in [0.15, 0.2) is 178 Å². The maximum absolute atomic E-state index is 6.63. The monoisotopic (exact) mass is 748 g/mol. The number of hydrogen-bond acceptors (Lipinski definition) is 3. The summed E-state index contributed by atoms with van der Waals surface area (Å²) in [6.45, 7) is 6.98. The smallest absolute Gasteiger partial charge is 0.160 e. The molecule has 8 aromatic rings. The normalized spacial score (nSPS) is 18.3. The first-order chi connectivity index (χ1) is 28.4. The molecular formula is C55H44N2O. The number of hydrogen-bond donors (Lipinski definition) is 0. The van der Waals surface area contributed by atoms with Gasteiger partial charge in [0.1, 0.15) is 11.2 Å². The Morgan fingerprint density at radius 2 is 1.28 bits per heavy atom. The molecule has 2 heterocycles. The summed E-state index contributed by atoms with van der Waals surface area (Å²) in [6, 6.07) is 57.4. The molecule has 58 heavy (non-hydrogen) atoms. The summed E-state index contributed by atoms with van der Waals surface area (Å²) in [5, 5.41) is 2.26. The number of nitrogens with zero attached hydrogens (tertiary/aromatic N) is 2. The highest BCUT2D eigenvalue weighted by molar-refractivity contribution is 6.22. The zero-order valence-electron chi connectivity index (χ0n) is 33.2. The van der Waals surface area contributed by atoms with Crippen LogP contribution in [0.1, 0.15) is 90.5 Å². The average molecular weight is 749 g/mol. The second-order valence-electron chi connectivity index (χ2n) is 16.8. The maximum Gasteiger partial charge on any atom is 0.160 e. The summed E-state index contributed by atoms with van der Waals surface area (Å²) < 4.78 is 6.63. The van der Waals surface area contributed by atoms with Crippen molar-refractivity contribution in [1.29, 1.82) is 0 Å². The Bertz CT molecular complexity index is 3030. The lowest BCUT2D eigenvalue weighted by Gasteiger charge is -2.22. The van der Waals surface area contributed by atoms with E-state index in [4.69, 9.17) is 14.4 Å². The fourth-order valence-corrected chi connectivity index (χ4v) is 10.1. The summed E-state index contributed by atoms with van der Waals surface area (Å²) in [7, 11) is 0. The summed E-state index contributed by atoms with van der Waals surface area (Å²) in [5.74, 6) is 0.964. The molecule has 1 unspecified atom stereocenters. The molecule has 0 saturated heterocycles. The van der Waals surface area contributed by atoms with Gasteiger partial charge in [-0.15, -0.1) is 0 Å². The third kappa shape index (κ3) is 5.56. The molecule has 0 saturated carbocycles. The summed E-state index contributed by atoms with van der Waals surface area (Å²) in [6.07, 6.45) is 3.69. The number of rotatable bonds is 4. The van der Waals surface area contributed by atoms with Crippen LogP contribution < -0.4 is 0 Å². The molecule has 1 aliphatic heterocycles. The highest BCUT2D eigenvalue weighted by atomic mass is 16.3. The molecule has 0 radical (unpaired) electrons. The van der Waals surface area contributed by atoms with Crippen LogP contribution in [0.4, 0.5) is 0 Å². The second kappa shape index (κ2) is 13.5. The minimum Gasteiger partial charge on any atom is -0.456 e. The summed E-state index contributed by atoms with van der Waals surface area (Å²) in [4.78, 5) is 10.8. The molecule has 3 aliphatic rings. The van der Waals surface area contributed by atoms with Crippen molar-refractivity contribution in [3.8, 4) is 22.3 Å². The molecule has 0 N–H and O–H groups in total. The van der Waals surface area contributed by atoms with E-state index in [1.165, 1.54) is 55.6 Å². The van der Waals surface area contributed by atoms with Gasteiger partial charge in [0.15, 0.2) is 5.84 Å². The van der Waals surface area contributed by atoms with Crippen molar-refractivity contribution in [2.24, 2.45) is 9.98 Å². The largest absolute Gasteiger partial charge is 0.456 e. The maximum atomic E-state index is 6.63. The van der Waals surface area contributed by atoms with E-state index in [9.17, 15) is 0 Å². The molecular weight excluding hydrogens is 705 g/mol. The lowest BCUT2D eigenvalue weighted by molar-refractivity contribution is 0.657.